The second-order valence-electron chi connectivity index (χ2n) is 14.7. The molecule has 3 aromatic carbocycles. The SMILES string of the molecule is C[C@@H](OC(=O)[C@H](CC(=O)c1ccccc1CC=O)NC(=O)OCC1c2ccccc2-c2ccccc21)[C@H](CC(=O)[C@H](CC(=O)OC(C)(C)C)N=[N+]=[N-])C(=O)NCC(=O)O. The molecule has 0 saturated heterocycles. The standard InChI is InChI=1S/C42H45N5O12/c1-24(31(39(54)44-22-37(51)52)19-36(50)33(46-47-43)21-38(53)59-42(2,3)4)58-40(55)34(20-35(49)26-12-6-5-11-25(26)17-18-48)45-41(56)57-23-32-29-15-9-7-13-27(29)28-14-8-10-16-30(28)32/h5-16,18,24,31-34H,17,19-23H2,1-4H3,(H,44,54)(H,45,56)(H,51,52)/t24-,31+,33+,34+/m1/s1. The third-order valence-corrected chi connectivity index (χ3v) is 9.31. The number of hydrogen-bond acceptors (Lipinski definition) is 12. The molecule has 4 atom stereocenters. The van der Waals surface area contributed by atoms with Gasteiger partial charge in [-0.2, -0.15) is 0 Å². The molecule has 4 rings (SSSR count). The minimum absolute atomic E-state index is 0.102. The van der Waals surface area contributed by atoms with Gasteiger partial charge < -0.3 is 34.7 Å². The summed E-state index contributed by atoms with van der Waals surface area (Å²) in [6, 6.07) is 18.1. The first-order valence-corrected chi connectivity index (χ1v) is 18.7. The Morgan fingerprint density at radius 2 is 1.51 bits per heavy atom. The molecule has 1 aliphatic carbocycles. The van der Waals surface area contributed by atoms with Gasteiger partial charge in [0.05, 0.1) is 12.3 Å². The second-order valence-corrected chi connectivity index (χ2v) is 14.7. The average molecular weight is 812 g/mol. The van der Waals surface area contributed by atoms with Crippen LogP contribution in [0.4, 0.5) is 4.79 Å². The van der Waals surface area contributed by atoms with E-state index in [-0.39, 0.29) is 24.5 Å². The molecule has 0 fully saturated rings. The predicted octanol–water partition coefficient (Wildman–Crippen LogP) is 5.03. The number of fused-ring (bicyclic) bond motifs is 3. The summed E-state index contributed by atoms with van der Waals surface area (Å²) < 4.78 is 16.4. The summed E-state index contributed by atoms with van der Waals surface area (Å²) in [5, 5.41) is 17.1. The van der Waals surface area contributed by atoms with Crippen LogP contribution in [0, 0.1) is 5.92 Å². The first-order chi connectivity index (χ1) is 28.0. The zero-order chi connectivity index (χ0) is 43.3. The zero-order valence-corrected chi connectivity index (χ0v) is 32.9. The second kappa shape index (κ2) is 20.5. The van der Waals surface area contributed by atoms with Crippen molar-refractivity contribution in [2.45, 2.75) is 83.1 Å². The number of benzene rings is 3. The van der Waals surface area contributed by atoms with Crippen LogP contribution in [0.5, 0.6) is 0 Å². The quantitative estimate of drug-likeness (QED) is 0.0258. The zero-order valence-electron chi connectivity index (χ0n) is 32.9. The lowest BCUT2D eigenvalue weighted by Crippen LogP contribution is -2.47. The van der Waals surface area contributed by atoms with Gasteiger partial charge in [0.2, 0.25) is 5.91 Å². The number of ether oxygens (including phenoxy) is 3. The van der Waals surface area contributed by atoms with Crippen molar-refractivity contribution >= 4 is 47.8 Å². The van der Waals surface area contributed by atoms with Gasteiger partial charge in [-0.3, -0.25) is 24.0 Å². The maximum atomic E-state index is 13.9. The van der Waals surface area contributed by atoms with E-state index in [0.29, 0.717) is 11.8 Å². The van der Waals surface area contributed by atoms with Crippen LogP contribution < -0.4 is 10.6 Å². The summed E-state index contributed by atoms with van der Waals surface area (Å²) in [4.78, 5) is 105. The number of ketones is 2. The van der Waals surface area contributed by atoms with E-state index in [4.69, 9.17) is 19.7 Å². The van der Waals surface area contributed by atoms with Gasteiger partial charge in [0.15, 0.2) is 5.78 Å². The minimum Gasteiger partial charge on any atom is -0.480 e. The number of rotatable bonds is 20. The fraction of sp³-hybridized carbons (Fsp3) is 0.381. The number of carbonyl (C=O) groups excluding carboxylic acids is 7. The monoisotopic (exact) mass is 811 g/mol. The van der Waals surface area contributed by atoms with Crippen molar-refractivity contribution in [3.05, 3.63) is 105 Å². The number of carboxylic acid groups (broad SMARTS) is 1. The molecule has 0 bridgehead atoms. The summed E-state index contributed by atoms with van der Waals surface area (Å²) in [5.74, 6) is -8.11. The van der Waals surface area contributed by atoms with Crippen molar-refractivity contribution in [1.29, 1.82) is 0 Å². The number of Topliss-reactive ketones (excluding diaryl/α,β-unsaturated/α-hetero) is 2. The Morgan fingerprint density at radius 3 is 2.10 bits per heavy atom. The van der Waals surface area contributed by atoms with Crippen molar-refractivity contribution in [2.75, 3.05) is 13.2 Å². The fourth-order valence-electron chi connectivity index (χ4n) is 6.62. The van der Waals surface area contributed by atoms with Gasteiger partial charge in [-0.1, -0.05) is 77.9 Å². The molecular formula is C42H45N5O12. The first kappa shape index (κ1) is 44.8. The number of azide groups is 1. The van der Waals surface area contributed by atoms with Gasteiger partial charge in [-0.15, -0.1) is 0 Å². The highest BCUT2D eigenvalue weighted by atomic mass is 16.6. The van der Waals surface area contributed by atoms with Gasteiger partial charge in [-0.05, 0) is 61.0 Å². The number of amides is 2. The van der Waals surface area contributed by atoms with E-state index in [1.54, 1.807) is 39.0 Å². The Hall–Kier alpha value is -6.87. The molecule has 0 aromatic heterocycles. The molecule has 0 heterocycles. The number of hydrogen-bond donors (Lipinski definition) is 3. The third-order valence-electron chi connectivity index (χ3n) is 9.31. The number of carbonyl (C=O) groups is 8. The number of esters is 2. The Bertz CT molecular complexity index is 2100. The molecule has 3 aromatic rings. The number of aliphatic carboxylic acids is 1. The van der Waals surface area contributed by atoms with Gasteiger partial charge >= 0.3 is 24.0 Å². The Kier molecular flexibility index (Phi) is 15.6. The van der Waals surface area contributed by atoms with Crippen LogP contribution in [0.2, 0.25) is 0 Å². The third kappa shape index (κ3) is 12.6. The Balaban J connectivity index is 1.58. The lowest BCUT2D eigenvalue weighted by atomic mass is 9.92. The molecule has 310 valence electrons. The predicted molar refractivity (Wildman–Crippen MR) is 210 cm³/mol. The average Bonchev–Trinajstić information content (AvgIpc) is 3.50. The summed E-state index contributed by atoms with van der Waals surface area (Å²) in [5.41, 5.74) is 12.4. The first-order valence-electron chi connectivity index (χ1n) is 18.7. The highest BCUT2D eigenvalue weighted by molar-refractivity contribution is 6.01. The highest BCUT2D eigenvalue weighted by Crippen LogP contribution is 2.44. The fourth-order valence-corrected chi connectivity index (χ4v) is 6.62. The molecule has 0 saturated carbocycles. The number of alkyl carbamates (subject to hydrolysis) is 1. The molecular weight excluding hydrogens is 766 g/mol. The van der Waals surface area contributed by atoms with Crippen LogP contribution in [-0.4, -0.2) is 89.8 Å². The van der Waals surface area contributed by atoms with E-state index in [1.165, 1.54) is 13.0 Å². The molecule has 3 N–H and O–H groups in total. The van der Waals surface area contributed by atoms with Crippen LogP contribution in [0.25, 0.3) is 21.6 Å². The molecule has 0 spiro atoms. The van der Waals surface area contributed by atoms with E-state index in [9.17, 15) is 43.5 Å². The molecule has 0 aliphatic heterocycles. The molecule has 59 heavy (non-hydrogen) atoms. The van der Waals surface area contributed by atoms with Crippen molar-refractivity contribution < 1.29 is 57.7 Å². The topological polar surface area (TPSA) is 257 Å². The van der Waals surface area contributed by atoms with E-state index in [2.05, 4.69) is 20.7 Å². The van der Waals surface area contributed by atoms with E-state index < -0.39 is 97.0 Å². The van der Waals surface area contributed by atoms with Crippen molar-refractivity contribution in [3.63, 3.8) is 0 Å². The van der Waals surface area contributed by atoms with Crippen molar-refractivity contribution in [3.8, 4) is 11.1 Å². The largest absolute Gasteiger partial charge is 0.480 e. The van der Waals surface area contributed by atoms with Gasteiger partial charge in [0, 0.05) is 35.7 Å². The molecule has 1 aliphatic rings. The lowest BCUT2D eigenvalue weighted by Gasteiger charge is -2.26. The lowest BCUT2D eigenvalue weighted by molar-refractivity contribution is -0.157. The Morgan fingerprint density at radius 1 is 0.898 bits per heavy atom. The number of nitrogens with zero attached hydrogens (tertiary/aromatic N) is 3. The van der Waals surface area contributed by atoms with Crippen LogP contribution in [0.3, 0.4) is 0 Å². The van der Waals surface area contributed by atoms with Crippen LogP contribution >= 0.6 is 0 Å². The van der Waals surface area contributed by atoms with Crippen molar-refractivity contribution in [2.24, 2.45) is 11.0 Å². The van der Waals surface area contributed by atoms with Crippen LogP contribution in [0.1, 0.15) is 79.9 Å². The number of carboxylic acids is 1. The normalized spacial score (nSPS) is 13.8. The maximum Gasteiger partial charge on any atom is 0.407 e. The van der Waals surface area contributed by atoms with E-state index in [0.717, 1.165) is 22.3 Å². The van der Waals surface area contributed by atoms with Crippen molar-refractivity contribution in [1.82, 2.24) is 10.6 Å². The smallest absolute Gasteiger partial charge is 0.407 e. The highest BCUT2D eigenvalue weighted by Gasteiger charge is 2.37. The van der Waals surface area contributed by atoms with Crippen LogP contribution in [0.15, 0.2) is 77.9 Å². The molecule has 2 amide bonds. The summed E-state index contributed by atoms with van der Waals surface area (Å²) in [7, 11) is 0. The number of nitrogens with one attached hydrogen (secondary N) is 2. The maximum absolute atomic E-state index is 13.9. The minimum atomic E-state index is -1.73. The van der Waals surface area contributed by atoms with E-state index in [1.807, 2.05) is 48.5 Å². The molecule has 0 unspecified atom stereocenters. The van der Waals surface area contributed by atoms with Gasteiger partial charge in [0.1, 0.15) is 49.0 Å². The Labute approximate surface area is 339 Å². The summed E-state index contributed by atoms with van der Waals surface area (Å²) in [6.07, 6.45) is -4.29. The van der Waals surface area contributed by atoms with Gasteiger partial charge in [-0.25, -0.2) is 9.59 Å². The number of aldehydes is 1. The molecule has 17 heteroatoms. The molecule has 17 nitrogen and oxygen atoms in total. The van der Waals surface area contributed by atoms with Crippen LogP contribution in [-0.2, 0) is 49.4 Å². The van der Waals surface area contributed by atoms with E-state index >= 15 is 0 Å². The summed E-state index contributed by atoms with van der Waals surface area (Å²) >= 11 is 0. The summed E-state index contributed by atoms with van der Waals surface area (Å²) in [6.45, 7) is 4.96. The molecule has 0 radical (unpaired) electrons. The van der Waals surface area contributed by atoms with Gasteiger partial charge in [0.25, 0.3) is 0 Å².